The van der Waals surface area contributed by atoms with Crippen molar-refractivity contribution in [3.8, 4) is 0 Å². The second-order valence-electron chi connectivity index (χ2n) is 3.69. The van der Waals surface area contributed by atoms with Gasteiger partial charge in [-0.3, -0.25) is 0 Å². The molecule has 2 rings (SSSR count). The molecule has 17 heavy (non-hydrogen) atoms. The van der Waals surface area contributed by atoms with Crippen LogP contribution >= 0.6 is 11.6 Å². The standard InChI is InChI=1S/C12H11ClFN3/c1-7-8(2)12(17-16-11(7)13)15-10-6-4-3-5-9(10)14/h3-6H,1-2H3,(H,15,17). The van der Waals surface area contributed by atoms with Crippen molar-refractivity contribution in [1.82, 2.24) is 10.2 Å². The fourth-order valence-corrected chi connectivity index (χ4v) is 1.56. The van der Waals surface area contributed by atoms with E-state index >= 15 is 0 Å². The number of aromatic nitrogens is 2. The molecular weight excluding hydrogens is 241 g/mol. The van der Waals surface area contributed by atoms with Crippen molar-refractivity contribution in [2.45, 2.75) is 13.8 Å². The van der Waals surface area contributed by atoms with Gasteiger partial charge in [0.1, 0.15) is 5.82 Å². The van der Waals surface area contributed by atoms with Gasteiger partial charge >= 0.3 is 0 Å². The van der Waals surface area contributed by atoms with Crippen LogP contribution in [0.15, 0.2) is 24.3 Å². The molecule has 0 saturated heterocycles. The monoisotopic (exact) mass is 251 g/mol. The number of rotatable bonds is 2. The van der Waals surface area contributed by atoms with E-state index in [1.165, 1.54) is 6.07 Å². The van der Waals surface area contributed by atoms with Crippen LogP contribution in [0.2, 0.25) is 5.15 Å². The Morgan fingerprint density at radius 2 is 1.82 bits per heavy atom. The van der Waals surface area contributed by atoms with Gasteiger partial charge in [-0.15, -0.1) is 10.2 Å². The van der Waals surface area contributed by atoms with Crippen molar-refractivity contribution >= 4 is 23.1 Å². The van der Waals surface area contributed by atoms with Gasteiger partial charge in [0.15, 0.2) is 11.0 Å². The van der Waals surface area contributed by atoms with Crippen LogP contribution in [0.25, 0.3) is 0 Å². The number of hydrogen-bond acceptors (Lipinski definition) is 3. The quantitative estimate of drug-likeness (QED) is 0.886. The summed E-state index contributed by atoms with van der Waals surface area (Å²) in [5, 5.41) is 11.0. The first-order chi connectivity index (χ1) is 8.09. The van der Waals surface area contributed by atoms with E-state index in [1.54, 1.807) is 18.2 Å². The molecule has 5 heteroatoms. The summed E-state index contributed by atoms with van der Waals surface area (Å²) in [4.78, 5) is 0. The van der Waals surface area contributed by atoms with E-state index in [9.17, 15) is 4.39 Å². The number of hydrogen-bond donors (Lipinski definition) is 1. The summed E-state index contributed by atoms with van der Waals surface area (Å²) in [6.45, 7) is 3.71. The van der Waals surface area contributed by atoms with E-state index in [-0.39, 0.29) is 5.82 Å². The highest BCUT2D eigenvalue weighted by Gasteiger charge is 2.09. The Morgan fingerprint density at radius 1 is 1.12 bits per heavy atom. The fraction of sp³-hybridized carbons (Fsp3) is 0.167. The molecule has 88 valence electrons. The Labute approximate surface area is 104 Å². The molecule has 2 aromatic rings. The molecular formula is C12H11ClFN3. The molecule has 0 aliphatic carbocycles. The molecule has 0 bridgehead atoms. The third-order valence-electron chi connectivity index (χ3n) is 2.59. The third-order valence-corrected chi connectivity index (χ3v) is 2.95. The molecule has 0 amide bonds. The third kappa shape index (κ3) is 2.36. The van der Waals surface area contributed by atoms with Crippen LogP contribution in [0.4, 0.5) is 15.9 Å². The van der Waals surface area contributed by atoms with Crippen molar-refractivity contribution in [3.05, 3.63) is 46.4 Å². The second kappa shape index (κ2) is 4.67. The maximum absolute atomic E-state index is 13.5. The van der Waals surface area contributed by atoms with Gasteiger partial charge in [-0.1, -0.05) is 23.7 Å². The maximum Gasteiger partial charge on any atom is 0.156 e. The Hall–Kier alpha value is -1.68. The largest absolute Gasteiger partial charge is 0.336 e. The molecule has 0 saturated carbocycles. The van der Waals surface area contributed by atoms with E-state index in [4.69, 9.17) is 11.6 Å². The Kier molecular flexibility index (Phi) is 3.24. The van der Waals surface area contributed by atoms with Crippen LogP contribution in [0.3, 0.4) is 0 Å². The zero-order valence-corrected chi connectivity index (χ0v) is 10.2. The minimum absolute atomic E-state index is 0.332. The number of anilines is 2. The summed E-state index contributed by atoms with van der Waals surface area (Å²) in [5.74, 6) is 0.179. The van der Waals surface area contributed by atoms with Crippen LogP contribution in [-0.4, -0.2) is 10.2 Å². The predicted octanol–water partition coefficient (Wildman–Crippen LogP) is 3.63. The minimum Gasteiger partial charge on any atom is -0.336 e. The number of para-hydroxylation sites is 1. The van der Waals surface area contributed by atoms with Gasteiger partial charge in [-0.25, -0.2) is 4.39 Å². The van der Waals surface area contributed by atoms with Gasteiger partial charge in [0.2, 0.25) is 0 Å². The van der Waals surface area contributed by atoms with Crippen molar-refractivity contribution in [3.63, 3.8) is 0 Å². The number of nitrogens with one attached hydrogen (secondary N) is 1. The SMILES string of the molecule is Cc1c(Cl)nnc(Nc2ccccc2F)c1C. The normalized spacial score (nSPS) is 10.4. The topological polar surface area (TPSA) is 37.8 Å². The van der Waals surface area contributed by atoms with Crippen LogP contribution in [0.5, 0.6) is 0 Å². The zero-order chi connectivity index (χ0) is 12.4. The lowest BCUT2D eigenvalue weighted by Crippen LogP contribution is -2.02. The summed E-state index contributed by atoms with van der Waals surface area (Å²) in [7, 11) is 0. The average Bonchev–Trinajstić information content (AvgIpc) is 2.32. The molecule has 0 unspecified atom stereocenters. The molecule has 1 aromatic carbocycles. The van der Waals surface area contributed by atoms with E-state index < -0.39 is 0 Å². The zero-order valence-electron chi connectivity index (χ0n) is 9.46. The molecule has 0 atom stereocenters. The fourth-order valence-electron chi connectivity index (χ4n) is 1.39. The lowest BCUT2D eigenvalue weighted by molar-refractivity contribution is 0.631. The van der Waals surface area contributed by atoms with E-state index in [1.807, 2.05) is 13.8 Å². The van der Waals surface area contributed by atoms with E-state index in [2.05, 4.69) is 15.5 Å². The van der Waals surface area contributed by atoms with Gasteiger partial charge in [-0.2, -0.15) is 0 Å². The van der Waals surface area contributed by atoms with Gasteiger partial charge in [-0.05, 0) is 37.1 Å². The first kappa shape index (κ1) is 11.8. The number of nitrogens with zero attached hydrogens (tertiary/aromatic N) is 2. The Balaban J connectivity index is 2.38. The van der Waals surface area contributed by atoms with Crippen molar-refractivity contribution in [2.75, 3.05) is 5.32 Å². The van der Waals surface area contributed by atoms with E-state index in [0.717, 1.165) is 11.1 Å². The molecule has 0 radical (unpaired) electrons. The predicted molar refractivity (Wildman–Crippen MR) is 66.2 cm³/mol. The summed E-state index contributed by atoms with van der Waals surface area (Å²) < 4.78 is 13.5. The molecule has 0 aliphatic heterocycles. The van der Waals surface area contributed by atoms with Crippen molar-refractivity contribution < 1.29 is 4.39 Å². The number of halogens is 2. The maximum atomic E-state index is 13.5. The minimum atomic E-state index is -0.332. The Bertz CT molecular complexity index is 557. The smallest absolute Gasteiger partial charge is 0.156 e. The molecule has 0 fully saturated rings. The van der Waals surface area contributed by atoms with Gasteiger partial charge < -0.3 is 5.32 Å². The summed E-state index contributed by atoms with van der Waals surface area (Å²) in [6.07, 6.45) is 0. The highest BCUT2D eigenvalue weighted by molar-refractivity contribution is 6.30. The summed E-state index contributed by atoms with van der Waals surface area (Å²) >= 11 is 5.84. The van der Waals surface area contributed by atoms with E-state index in [0.29, 0.717) is 16.7 Å². The number of benzene rings is 1. The molecule has 0 spiro atoms. The average molecular weight is 252 g/mol. The van der Waals surface area contributed by atoms with Crippen LogP contribution < -0.4 is 5.32 Å². The summed E-state index contributed by atoms with van der Waals surface area (Å²) in [5.41, 5.74) is 2.06. The highest BCUT2D eigenvalue weighted by Crippen LogP contribution is 2.24. The van der Waals surface area contributed by atoms with Crippen molar-refractivity contribution in [2.24, 2.45) is 0 Å². The van der Waals surface area contributed by atoms with Gasteiger partial charge in [0.25, 0.3) is 0 Å². The molecule has 3 nitrogen and oxygen atoms in total. The van der Waals surface area contributed by atoms with Gasteiger partial charge in [0, 0.05) is 0 Å². The molecule has 0 aliphatic rings. The first-order valence-corrected chi connectivity index (χ1v) is 5.48. The van der Waals surface area contributed by atoms with Crippen molar-refractivity contribution in [1.29, 1.82) is 0 Å². The van der Waals surface area contributed by atoms with Crippen LogP contribution in [0, 0.1) is 19.7 Å². The molecule has 1 N–H and O–H groups in total. The molecule has 1 heterocycles. The molecule has 1 aromatic heterocycles. The van der Waals surface area contributed by atoms with Crippen LogP contribution in [0.1, 0.15) is 11.1 Å². The second-order valence-corrected chi connectivity index (χ2v) is 4.05. The highest BCUT2D eigenvalue weighted by atomic mass is 35.5. The lowest BCUT2D eigenvalue weighted by Gasteiger charge is -2.10. The lowest BCUT2D eigenvalue weighted by atomic mass is 10.2. The first-order valence-electron chi connectivity index (χ1n) is 5.10. The van der Waals surface area contributed by atoms with Gasteiger partial charge in [0.05, 0.1) is 5.69 Å². The van der Waals surface area contributed by atoms with Crippen LogP contribution in [-0.2, 0) is 0 Å². The Morgan fingerprint density at radius 3 is 2.53 bits per heavy atom. The summed E-state index contributed by atoms with van der Waals surface area (Å²) in [6, 6.07) is 6.40.